The van der Waals surface area contributed by atoms with E-state index in [1.54, 1.807) is 0 Å². The molecule has 0 amide bonds. The first-order valence-corrected chi connectivity index (χ1v) is 6.82. The van der Waals surface area contributed by atoms with Gasteiger partial charge in [-0.05, 0) is 12.8 Å². The van der Waals surface area contributed by atoms with E-state index >= 15 is 0 Å². The molecule has 98 valence electrons. The van der Waals surface area contributed by atoms with E-state index in [0.717, 1.165) is 19.3 Å². The summed E-state index contributed by atoms with van der Waals surface area (Å²) in [6.07, 6.45) is 12.5. The van der Waals surface area contributed by atoms with Gasteiger partial charge in [-0.25, -0.2) is 10.1 Å². The van der Waals surface area contributed by atoms with Gasteiger partial charge < -0.3 is 0 Å². The minimum atomic E-state index is 0.0464. The zero-order valence-electron chi connectivity index (χ0n) is 10.9. The molecule has 1 unspecified atom stereocenters. The molecule has 3 nitrogen and oxygen atoms in total. The third-order valence-electron chi connectivity index (χ3n) is 3.01. The van der Waals surface area contributed by atoms with Gasteiger partial charge in [0.15, 0.2) is 0 Å². The van der Waals surface area contributed by atoms with Gasteiger partial charge >= 0.3 is 0 Å². The van der Waals surface area contributed by atoms with Crippen molar-refractivity contribution >= 4 is 0 Å². The second-order valence-electron chi connectivity index (χ2n) is 4.46. The molecule has 0 heterocycles. The monoisotopic (exact) mass is 232 g/mol. The zero-order chi connectivity index (χ0) is 12.1. The van der Waals surface area contributed by atoms with Gasteiger partial charge in [-0.2, -0.15) is 0 Å². The Balaban J connectivity index is 3.12. The number of hydrogen-bond donors (Lipinski definition) is 1. The number of unbranched alkanes of at least 4 members (excludes halogenated alkanes) is 7. The maximum atomic E-state index is 8.17. The van der Waals surface area contributed by atoms with E-state index < -0.39 is 0 Å². The zero-order valence-corrected chi connectivity index (χ0v) is 10.9. The molecule has 0 aliphatic rings. The Kier molecular flexibility index (Phi) is 12.9. The molecule has 0 saturated heterocycles. The summed E-state index contributed by atoms with van der Waals surface area (Å²) in [4.78, 5) is 4.71. The molecule has 0 radical (unpaired) electrons. The van der Waals surface area contributed by atoms with Gasteiger partial charge in [0.05, 0.1) is 6.10 Å². The quantitative estimate of drug-likeness (QED) is 0.301. The molecular formula is C13H28O3. The molecule has 0 rings (SSSR count). The Morgan fingerprint density at radius 2 is 1.44 bits per heavy atom. The van der Waals surface area contributed by atoms with Crippen molar-refractivity contribution in [2.24, 2.45) is 0 Å². The highest BCUT2D eigenvalue weighted by molar-refractivity contribution is 4.54. The van der Waals surface area contributed by atoms with Crippen molar-refractivity contribution in [3.63, 3.8) is 0 Å². The Hall–Kier alpha value is -0.120. The second kappa shape index (κ2) is 12.9. The summed E-state index contributed by atoms with van der Waals surface area (Å²) in [6, 6.07) is 0. The average molecular weight is 232 g/mol. The van der Waals surface area contributed by atoms with E-state index in [9.17, 15) is 0 Å². The highest BCUT2D eigenvalue weighted by Crippen LogP contribution is 2.13. The van der Waals surface area contributed by atoms with Crippen LogP contribution in [0.2, 0.25) is 0 Å². The fourth-order valence-corrected chi connectivity index (χ4v) is 1.89. The normalized spacial score (nSPS) is 12.9. The summed E-state index contributed by atoms with van der Waals surface area (Å²) in [5, 5.41) is 11.9. The first-order valence-electron chi connectivity index (χ1n) is 6.82. The van der Waals surface area contributed by atoms with Crippen molar-refractivity contribution in [1.82, 2.24) is 0 Å². The molecular weight excluding hydrogens is 204 g/mol. The standard InChI is InChI=1S/C13H28O3/c1-3-5-6-7-8-9-10-11-12-13(4-2)15-16-14/h13-14H,3-12H2,1-2H3. The van der Waals surface area contributed by atoms with Crippen LogP contribution in [0.15, 0.2) is 0 Å². The first kappa shape index (κ1) is 15.9. The van der Waals surface area contributed by atoms with Crippen molar-refractivity contribution in [2.75, 3.05) is 0 Å². The Bertz CT molecular complexity index is 128. The lowest BCUT2D eigenvalue weighted by Crippen LogP contribution is -2.10. The highest BCUT2D eigenvalue weighted by atomic mass is 17.5. The molecule has 0 aromatic rings. The first-order chi connectivity index (χ1) is 7.85. The van der Waals surface area contributed by atoms with E-state index in [1.807, 2.05) is 6.92 Å². The van der Waals surface area contributed by atoms with E-state index in [4.69, 9.17) is 10.1 Å². The van der Waals surface area contributed by atoms with Gasteiger partial charge in [-0.3, -0.25) is 0 Å². The largest absolute Gasteiger partial charge is 0.221 e. The molecule has 0 aromatic carbocycles. The van der Waals surface area contributed by atoms with Gasteiger partial charge in [-0.1, -0.05) is 70.3 Å². The van der Waals surface area contributed by atoms with Crippen LogP contribution in [0.5, 0.6) is 0 Å². The molecule has 0 aromatic heterocycles. The van der Waals surface area contributed by atoms with Crippen LogP contribution in [0.4, 0.5) is 0 Å². The Morgan fingerprint density at radius 1 is 0.875 bits per heavy atom. The fourth-order valence-electron chi connectivity index (χ4n) is 1.89. The van der Waals surface area contributed by atoms with Gasteiger partial charge in [-0.15, -0.1) is 0 Å². The van der Waals surface area contributed by atoms with E-state index in [-0.39, 0.29) is 6.10 Å². The van der Waals surface area contributed by atoms with Crippen LogP contribution in [0, 0.1) is 0 Å². The molecule has 0 spiro atoms. The summed E-state index contributed by atoms with van der Waals surface area (Å²) in [5.74, 6) is 0. The Labute approximate surface area is 100.0 Å². The smallest absolute Gasteiger partial charge is 0.0958 e. The van der Waals surface area contributed by atoms with E-state index in [1.165, 1.54) is 44.9 Å². The van der Waals surface area contributed by atoms with Gasteiger partial charge in [0.1, 0.15) is 0 Å². The SMILES string of the molecule is CCCCCCCCCCC(CC)OOO. The predicted octanol–water partition coefficient (Wildman–Crippen LogP) is 4.72. The molecule has 0 saturated carbocycles. The van der Waals surface area contributed by atoms with Crippen LogP contribution < -0.4 is 0 Å². The summed E-state index contributed by atoms with van der Waals surface area (Å²) in [5.41, 5.74) is 0. The molecule has 0 aliphatic carbocycles. The van der Waals surface area contributed by atoms with Crippen molar-refractivity contribution in [3.8, 4) is 0 Å². The maximum absolute atomic E-state index is 8.17. The van der Waals surface area contributed by atoms with E-state index in [2.05, 4.69) is 12.0 Å². The summed E-state index contributed by atoms with van der Waals surface area (Å²) < 4.78 is 0. The van der Waals surface area contributed by atoms with Crippen LogP contribution in [0.1, 0.15) is 78.1 Å². The highest BCUT2D eigenvalue weighted by Gasteiger charge is 2.06. The molecule has 0 bridgehead atoms. The van der Waals surface area contributed by atoms with Gasteiger partial charge in [0, 0.05) is 0 Å². The summed E-state index contributed by atoms with van der Waals surface area (Å²) in [6.45, 7) is 4.28. The second-order valence-corrected chi connectivity index (χ2v) is 4.46. The molecule has 0 aliphatic heterocycles. The topological polar surface area (TPSA) is 38.7 Å². The summed E-state index contributed by atoms with van der Waals surface area (Å²) >= 11 is 0. The van der Waals surface area contributed by atoms with Crippen molar-refractivity contribution in [1.29, 1.82) is 0 Å². The lowest BCUT2D eigenvalue weighted by Gasteiger charge is -2.11. The fraction of sp³-hybridized carbons (Fsp3) is 1.00. The molecule has 1 atom stereocenters. The third-order valence-corrected chi connectivity index (χ3v) is 3.01. The molecule has 3 heteroatoms. The van der Waals surface area contributed by atoms with Crippen molar-refractivity contribution < 1.29 is 15.2 Å². The van der Waals surface area contributed by atoms with Crippen molar-refractivity contribution in [2.45, 2.75) is 84.2 Å². The Morgan fingerprint density at radius 3 is 1.94 bits per heavy atom. The van der Waals surface area contributed by atoms with Gasteiger partial charge in [0.25, 0.3) is 0 Å². The third kappa shape index (κ3) is 10.4. The molecule has 1 N–H and O–H groups in total. The lowest BCUT2D eigenvalue weighted by atomic mass is 10.0. The minimum absolute atomic E-state index is 0.0464. The molecule has 0 fully saturated rings. The van der Waals surface area contributed by atoms with E-state index in [0.29, 0.717) is 0 Å². The van der Waals surface area contributed by atoms with Crippen LogP contribution in [0.3, 0.4) is 0 Å². The van der Waals surface area contributed by atoms with Crippen LogP contribution >= 0.6 is 0 Å². The number of hydrogen-bond acceptors (Lipinski definition) is 3. The van der Waals surface area contributed by atoms with Crippen molar-refractivity contribution in [3.05, 3.63) is 0 Å². The minimum Gasteiger partial charge on any atom is -0.221 e. The predicted molar refractivity (Wildman–Crippen MR) is 66.1 cm³/mol. The molecule has 16 heavy (non-hydrogen) atoms. The van der Waals surface area contributed by atoms with Crippen LogP contribution in [-0.2, 0) is 9.93 Å². The summed E-state index contributed by atoms with van der Waals surface area (Å²) in [7, 11) is 0. The maximum Gasteiger partial charge on any atom is 0.0958 e. The van der Waals surface area contributed by atoms with Gasteiger partial charge in [0.2, 0.25) is 0 Å². The number of rotatable bonds is 12. The van der Waals surface area contributed by atoms with Crippen LogP contribution in [-0.4, -0.2) is 11.4 Å². The average Bonchev–Trinajstić information content (AvgIpc) is 2.31. The lowest BCUT2D eigenvalue weighted by molar-refractivity contribution is -0.506. The van der Waals surface area contributed by atoms with Crippen LogP contribution in [0.25, 0.3) is 0 Å².